The third-order valence-electron chi connectivity index (χ3n) is 5.06. The number of H-pyrrole nitrogens is 1. The molecule has 0 saturated heterocycles. The minimum Gasteiger partial charge on any atom is -0.477 e. The molecular weight excluding hydrogens is 525 g/mol. The van der Waals surface area contributed by atoms with Gasteiger partial charge in [0, 0.05) is 37.4 Å². The number of nitrogens with one attached hydrogen (secondary N) is 3. The third-order valence-corrected chi connectivity index (χ3v) is 5.06. The Hall–Kier alpha value is -5.08. The highest BCUT2D eigenvalue weighted by atomic mass is 19.4. The van der Waals surface area contributed by atoms with Crippen LogP contribution in [0.3, 0.4) is 0 Å². The molecule has 0 aliphatic heterocycles. The lowest BCUT2D eigenvalue weighted by Crippen LogP contribution is -2.23. The summed E-state index contributed by atoms with van der Waals surface area (Å²) >= 11 is 0. The van der Waals surface area contributed by atoms with E-state index in [2.05, 4.69) is 30.3 Å². The minimum absolute atomic E-state index is 0.0933. The van der Waals surface area contributed by atoms with Crippen LogP contribution in [0.2, 0.25) is 0 Å². The first-order chi connectivity index (χ1) is 18.3. The van der Waals surface area contributed by atoms with E-state index >= 15 is 0 Å². The second-order valence-corrected chi connectivity index (χ2v) is 8.12. The van der Waals surface area contributed by atoms with Gasteiger partial charge in [-0.15, -0.1) is 0 Å². The first kappa shape index (κ1) is 28.5. The number of nitrogens with zero attached hydrogens (tertiary/aromatic N) is 3. The number of aromatic carboxylic acids is 1. The number of fused-ring (bicyclic) bond motifs is 1. The predicted molar refractivity (Wildman–Crippen MR) is 136 cm³/mol. The fourth-order valence-electron chi connectivity index (χ4n) is 3.27. The summed E-state index contributed by atoms with van der Waals surface area (Å²) in [5.74, 6) is -3.56. The summed E-state index contributed by atoms with van der Waals surface area (Å²) < 4.78 is 41.3. The van der Waals surface area contributed by atoms with Crippen LogP contribution >= 0.6 is 0 Å². The fourth-order valence-corrected chi connectivity index (χ4v) is 3.27. The monoisotopic (exact) mass is 548 g/mol. The number of rotatable bonds is 6. The summed E-state index contributed by atoms with van der Waals surface area (Å²) in [4.78, 5) is 45.5. The zero-order valence-electron chi connectivity index (χ0n) is 21.0. The van der Waals surface area contributed by atoms with Crippen LogP contribution in [0.25, 0.3) is 11.1 Å². The molecule has 0 unspecified atom stereocenters. The Balaban J connectivity index is 0.000000459. The quantitative estimate of drug-likeness (QED) is 0.256. The van der Waals surface area contributed by atoms with E-state index in [1.807, 2.05) is 44.1 Å². The maximum Gasteiger partial charge on any atom is 0.490 e. The number of carboxylic acids is 1. The normalized spacial score (nSPS) is 10.8. The van der Waals surface area contributed by atoms with Gasteiger partial charge in [0.05, 0.1) is 12.6 Å². The first-order valence-corrected chi connectivity index (χ1v) is 11.0. The molecule has 2 aromatic carbocycles. The number of esters is 1. The van der Waals surface area contributed by atoms with Crippen molar-refractivity contribution in [3.63, 3.8) is 0 Å². The predicted octanol–water partition coefficient (Wildman–Crippen LogP) is 4.19. The van der Waals surface area contributed by atoms with Gasteiger partial charge in [-0.05, 0) is 42.8 Å². The molecule has 4 N–H and O–H groups in total. The number of carbonyl (C=O) groups excluding carboxylic acids is 1. The van der Waals surface area contributed by atoms with Crippen molar-refractivity contribution in [2.24, 2.45) is 0 Å². The summed E-state index contributed by atoms with van der Waals surface area (Å²) in [6, 6.07) is 10.7. The van der Waals surface area contributed by atoms with Crippen LogP contribution in [0.1, 0.15) is 15.9 Å². The largest absolute Gasteiger partial charge is 0.490 e. The average Bonchev–Trinajstić information content (AvgIpc) is 3.23. The summed E-state index contributed by atoms with van der Waals surface area (Å²) in [7, 11) is 4.59. The maximum absolute atomic E-state index is 11.6. The van der Waals surface area contributed by atoms with Crippen molar-refractivity contribution in [2.45, 2.75) is 13.1 Å². The molecule has 4 rings (SSSR count). The standard InChI is InChI=1S/C21H20N6O4.C3H3F3O2/c1-11-4-5-13(9-16(11)27(2)3)24-20-22-10-14(19(28)29)18(26-20)23-12-6-7-17-15(8-12)25-21(30)31-17;1-8-2(7)3(4,5)6/h4-10H,1-3H3,(H,25,30)(H,28,29)(H2,22,23,24,26);1H3. The molecule has 39 heavy (non-hydrogen) atoms. The number of hydrogen-bond donors (Lipinski definition) is 4. The Morgan fingerprint density at radius 1 is 1.10 bits per heavy atom. The fraction of sp³-hybridized carbons (Fsp3) is 0.208. The molecule has 0 spiro atoms. The molecular formula is C24H23F3N6O6. The van der Waals surface area contributed by atoms with E-state index in [-0.39, 0.29) is 17.3 Å². The molecule has 0 atom stereocenters. The number of oxazole rings is 1. The van der Waals surface area contributed by atoms with Gasteiger partial charge in [-0.1, -0.05) is 6.07 Å². The van der Waals surface area contributed by atoms with E-state index in [9.17, 15) is 32.7 Å². The Bertz CT molecular complexity index is 1560. The Morgan fingerprint density at radius 2 is 1.77 bits per heavy atom. The van der Waals surface area contributed by atoms with E-state index in [1.54, 1.807) is 18.2 Å². The Morgan fingerprint density at radius 3 is 2.36 bits per heavy atom. The van der Waals surface area contributed by atoms with E-state index < -0.39 is 23.9 Å². The summed E-state index contributed by atoms with van der Waals surface area (Å²) in [6.07, 6.45) is -3.62. The molecule has 0 radical (unpaired) electrons. The van der Waals surface area contributed by atoms with Gasteiger partial charge in [0.15, 0.2) is 11.4 Å². The number of halogens is 3. The van der Waals surface area contributed by atoms with Crippen molar-refractivity contribution in [1.82, 2.24) is 15.0 Å². The number of carbonyl (C=O) groups is 2. The molecule has 0 aliphatic rings. The number of aromatic nitrogens is 3. The smallest absolute Gasteiger partial charge is 0.477 e. The molecule has 4 aromatic rings. The lowest BCUT2D eigenvalue weighted by Gasteiger charge is -2.17. The zero-order chi connectivity index (χ0) is 28.9. The summed E-state index contributed by atoms with van der Waals surface area (Å²) in [5, 5.41) is 15.6. The lowest BCUT2D eigenvalue weighted by atomic mass is 10.1. The van der Waals surface area contributed by atoms with Crippen LogP contribution < -0.4 is 21.3 Å². The van der Waals surface area contributed by atoms with Gasteiger partial charge in [0.1, 0.15) is 5.56 Å². The number of alkyl halides is 3. The van der Waals surface area contributed by atoms with Crippen LogP contribution in [-0.4, -0.2) is 59.4 Å². The third kappa shape index (κ3) is 7.24. The van der Waals surface area contributed by atoms with Gasteiger partial charge in [-0.2, -0.15) is 18.2 Å². The summed E-state index contributed by atoms with van der Waals surface area (Å²) in [6.45, 7) is 2.02. The van der Waals surface area contributed by atoms with Gasteiger partial charge in [0.25, 0.3) is 0 Å². The van der Waals surface area contributed by atoms with Crippen molar-refractivity contribution >= 4 is 51.9 Å². The molecule has 0 fully saturated rings. The SMILES string of the molecule is COC(=O)C(F)(F)F.Cc1ccc(Nc2ncc(C(=O)O)c(Nc3ccc4oc(=O)[nH]c4c3)n2)cc1N(C)C. The molecule has 0 amide bonds. The molecule has 0 bridgehead atoms. The molecule has 15 heteroatoms. The van der Waals surface area contributed by atoms with Crippen LogP contribution in [0, 0.1) is 6.92 Å². The average molecular weight is 548 g/mol. The molecule has 206 valence electrons. The van der Waals surface area contributed by atoms with Crippen molar-refractivity contribution < 1.29 is 37.0 Å². The number of benzene rings is 2. The Labute approximate surface area is 218 Å². The number of aryl methyl sites for hydroxylation is 1. The van der Waals surface area contributed by atoms with Crippen molar-refractivity contribution in [2.75, 3.05) is 36.7 Å². The molecule has 0 saturated carbocycles. The first-order valence-electron chi connectivity index (χ1n) is 11.0. The molecule has 0 aliphatic carbocycles. The van der Waals surface area contributed by atoms with Crippen LogP contribution in [0.4, 0.5) is 42.0 Å². The molecule has 12 nitrogen and oxygen atoms in total. The molecule has 2 heterocycles. The van der Waals surface area contributed by atoms with Gasteiger partial charge in [-0.3, -0.25) is 4.98 Å². The number of ether oxygens (including phenoxy) is 1. The minimum atomic E-state index is -4.85. The number of methoxy groups -OCH3 is 1. The highest BCUT2D eigenvalue weighted by Crippen LogP contribution is 2.26. The van der Waals surface area contributed by atoms with Gasteiger partial charge >= 0.3 is 23.9 Å². The second-order valence-electron chi connectivity index (χ2n) is 8.12. The summed E-state index contributed by atoms with van der Waals surface area (Å²) in [5.41, 5.74) is 4.23. The second kappa shape index (κ2) is 11.5. The van der Waals surface area contributed by atoms with Crippen LogP contribution in [-0.2, 0) is 9.53 Å². The van der Waals surface area contributed by atoms with Crippen molar-refractivity contribution in [1.29, 1.82) is 0 Å². The van der Waals surface area contributed by atoms with E-state index in [0.29, 0.717) is 23.9 Å². The number of anilines is 5. The number of carboxylic acid groups (broad SMARTS) is 1. The van der Waals surface area contributed by atoms with E-state index in [0.717, 1.165) is 16.9 Å². The Kier molecular flexibility index (Phi) is 8.43. The van der Waals surface area contributed by atoms with E-state index in [1.165, 1.54) is 6.20 Å². The van der Waals surface area contributed by atoms with Crippen LogP contribution in [0.5, 0.6) is 0 Å². The molecule has 2 aromatic heterocycles. The van der Waals surface area contributed by atoms with Gasteiger partial charge in [-0.25, -0.2) is 19.4 Å². The van der Waals surface area contributed by atoms with Crippen LogP contribution in [0.15, 0.2) is 51.8 Å². The van der Waals surface area contributed by atoms with E-state index in [4.69, 9.17) is 4.42 Å². The zero-order valence-corrected chi connectivity index (χ0v) is 21.0. The number of hydrogen-bond acceptors (Lipinski definition) is 10. The van der Waals surface area contributed by atoms with Crippen molar-refractivity contribution in [3.05, 3.63) is 64.3 Å². The highest BCUT2D eigenvalue weighted by Gasteiger charge is 2.40. The number of aromatic amines is 1. The van der Waals surface area contributed by atoms with Gasteiger partial charge < -0.3 is 29.8 Å². The maximum atomic E-state index is 11.6. The highest BCUT2D eigenvalue weighted by molar-refractivity contribution is 5.94. The van der Waals surface area contributed by atoms with Crippen molar-refractivity contribution in [3.8, 4) is 0 Å². The van der Waals surface area contributed by atoms with Gasteiger partial charge in [0.2, 0.25) is 5.95 Å². The topological polar surface area (TPSA) is 163 Å². The lowest BCUT2D eigenvalue weighted by molar-refractivity contribution is -0.196.